The SMILES string of the molecule is CCOc1ccccc1C(O)CC1CCCC(C)N1. The molecule has 1 aliphatic rings. The van der Waals surface area contributed by atoms with Crippen LogP contribution < -0.4 is 10.1 Å². The fourth-order valence-corrected chi connectivity index (χ4v) is 2.86. The van der Waals surface area contributed by atoms with Crippen LogP contribution in [0, 0.1) is 0 Å². The van der Waals surface area contributed by atoms with Crippen molar-refractivity contribution in [2.24, 2.45) is 0 Å². The molecule has 0 bridgehead atoms. The first-order valence-corrected chi connectivity index (χ1v) is 7.36. The topological polar surface area (TPSA) is 41.5 Å². The first kappa shape index (κ1) is 14.4. The molecule has 2 N–H and O–H groups in total. The lowest BCUT2D eigenvalue weighted by Crippen LogP contribution is -2.41. The number of ether oxygens (including phenoxy) is 1. The summed E-state index contributed by atoms with van der Waals surface area (Å²) in [5, 5.41) is 14.0. The summed E-state index contributed by atoms with van der Waals surface area (Å²) in [4.78, 5) is 0. The molecule has 3 nitrogen and oxygen atoms in total. The van der Waals surface area contributed by atoms with Crippen LogP contribution in [0.4, 0.5) is 0 Å². The molecule has 0 aromatic heterocycles. The highest BCUT2D eigenvalue weighted by molar-refractivity contribution is 5.35. The van der Waals surface area contributed by atoms with E-state index >= 15 is 0 Å². The van der Waals surface area contributed by atoms with Crippen molar-refractivity contribution in [2.75, 3.05) is 6.61 Å². The average Bonchev–Trinajstić information content (AvgIpc) is 2.39. The van der Waals surface area contributed by atoms with Gasteiger partial charge in [0.2, 0.25) is 0 Å². The van der Waals surface area contributed by atoms with Gasteiger partial charge in [0, 0.05) is 17.6 Å². The van der Waals surface area contributed by atoms with E-state index in [4.69, 9.17) is 4.74 Å². The number of aliphatic hydroxyl groups excluding tert-OH is 1. The molecular weight excluding hydrogens is 238 g/mol. The van der Waals surface area contributed by atoms with Crippen molar-refractivity contribution < 1.29 is 9.84 Å². The number of benzene rings is 1. The molecule has 0 radical (unpaired) electrons. The highest BCUT2D eigenvalue weighted by Crippen LogP contribution is 2.29. The van der Waals surface area contributed by atoms with E-state index in [1.54, 1.807) is 0 Å². The first-order chi connectivity index (χ1) is 9.20. The maximum Gasteiger partial charge on any atom is 0.125 e. The Labute approximate surface area is 116 Å². The van der Waals surface area contributed by atoms with E-state index in [9.17, 15) is 5.11 Å². The molecule has 1 saturated heterocycles. The summed E-state index contributed by atoms with van der Waals surface area (Å²) < 4.78 is 5.59. The smallest absolute Gasteiger partial charge is 0.125 e. The number of nitrogens with one attached hydrogen (secondary N) is 1. The lowest BCUT2D eigenvalue weighted by atomic mass is 9.93. The molecule has 2 rings (SSSR count). The predicted octanol–water partition coefficient (Wildman–Crippen LogP) is 3.04. The Morgan fingerprint density at radius 3 is 2.89 bits per heavy atom. The van der Waals surface area contributed by atoms with Crippen LogP contribution >= 0.6 is 0 Å². The molecule has 3 atom stereocenters. The fraction of sp³-hybridized carbons (Fsp3) is 0.625. The zero-order valence-corrected chi connectivity index (χ0v) is 11.9. The van der Waals surface area contributed by atoms with Crippen LogP contribution in [0.2, 0.25) is 0 Å². The van der Waals surface area contributed by atoms with Gasteiger partial charge in [0.05, 0.1) is 12.7 Å². The van der Waals surface area contributed by atoms with Gasteiger partial charge in [0.1, 0.15) is 5.75 Å². The monoisotopic (exact) mass is 263 g/mol. The highest BCUT2D eigenvalue weighted by atomic mass is 16.5. The number of rotatable bonds is 5. The molecule has 0 amide bonds. The van der Waals surface area contributed by atoms with Crippen LogP contribution in [-0.2, 0) is 0 Å². The Balaban J connectivity index is 2.00. The molecule has 1 aliphatic heterocycles. The van der Waals surface area contributed by atoms with Crippen LogP contribution in [-0.4, -0.2) is 23.8 Å². The third-order valence-corrected chi connectivity index (χ3v) is 3.80. The van der Waals surface area contributed by atoms with Crippen LogP contribution in [0.15, 0.2) is 24.3 Å². The van der Waals surface area contributed by atoms with Gasteiger partial charge in [-0.25, -0.2) is 0 Å². The number of piperidine rings is 1. The van der Waals surface area contributed by atoms with Crippen molar-refractivity contribution in [3.63, 3.8) is 0 Å². The van der Waals surface area contributed by atoms with E-state index in [0.717, 1.165) is 24.2 Å². The van der Waals surface area contributed by atoms with Gasteiger partial charge >= 0.3 is 0 Å². The van der Waals surface area contributed by atoms with Crippen LogP contribution in [0.3, 0.4) is 0 Å². The van der Waals surface area contributed by atoms with E-state index in [-0.39, 0.29) is 0 Å². The molecule has 1 aromatic rings. The van der Waals surface area contributed by atoms with Crippen molar-refractivity contribution in [3.8, 4) is 5.75 Å². The largest absolute Gasteiger partial charge is 0.493 e. The zero-order chi connectivity index (χ0) is 13.7. The summed E-state index contributed by atoms with van der Waals surface area (Å²) in [6, 6.07) is 8.77. The Morgan fingerprint density at radius 2 is 2.16 bits per heavy atom. The molecule has 106 valence electrons. The Hall–Kier alpha value is -1.06. The van der Waals surface area contributed by atoms with Crippen molar-refractivity contribution in [3.05, 3.63) is 29.8 Å². The summed E-state index contributed by atoms with van der Waals surface area (Å²) in [6.07, 6.45) is 3.94. The minimum absolute atomic E-state index is 0.411. The van der Waals surface area contributed by atoms with Gasteiger partial charge in [-0.1, -0.05) is 24.6 Å². The molecule has 0 spiro atoms. The van der Waals surface area contributed by atoms with Crippen LogP contribution in [0.5, 0.6) is 5.75 Å². The molecule has 0 saturated carbocycles. The predicted molar refractivity (Wildman–Crippen MR) is 77.4 cm³/mol. The molecule has 3 unspecified atom stereocenters. The molecule has 1 fully saturated rings. The number of aliphatic hydroxyl groups is 1. The van der Waals surface area contributed by atoms with Gasteiger partial charge in [-0.3, -0.25) is 0 Å². The van der Waals surface area contributed by atoms with Gasteiger partial charge in [0.15, 0.2) is 0 Å². The quantitative estimate of drug-likeness (QED) is 0.858. The Bertz CT molecular complexity index is 394. The summed E-state index contributed by atoms with van der Waals surface area (Å²) in [5.74, 6) is 0.807. The maximum atomic E-state index is 10.4. The fourth-order valence-electron chi connectivity index (χ4n) is 2.86. The van der Waals surface area contributed by atoms with Crippen molar-refractivity contribution in [1.82, 2.24) is 5.32 Å². The minimum Gasteiger partial charge on any atom is -0.493 e. The third-order valence-electron chi connectivity index (χ3n) is 3.80. The lowest BCUT2D eigenvalue weighted by molar-refractivity contribution is 0.135. The van der Waals surface area contributed by atoms with E-state index in [1.807, 2.05) is 31.2 Å². The standard InChI is InChI=1S/C16H25NO2/c1-3-19-16-10-5-4-9-14(16)15(18)11-13-8-6-7-12(2)17-13/h4-5,9-10,12-13,15,17-18H,3,6-8,11H2,1-2H3. The molecule has 1 aromatic carbocycles. The number of para-hydroxylation sites is 1. The van der Waals surface area contributed by atoms with Crippen molar-refractivity contribution in [1.29, 1.82) is 0 Å². The Morgan fingerprint density at radius 1 is 1.37 bits per heavy atom. The number of hydrogen-bond acceptors (Lipinski definition) is 3. The second-order valence-corrected chi connectivity index (χ2v) is 5.42. The maximum absolute atomic E-state index is 10.4. The van der Waals surface area contributed by atoms with Crippen LogP contribution in [0.1, 0.15) is 51.2 Å². The van der Waals surface area contributed by atoms with E-state index in [0.29, 0.717) is 18.7 Å². The average molecular weight is 263 g/mol. The first-order valence-electron chi connectivity index (χ1n) is 7.36. The molecule has 1 heterocycles. The second kappa shape index (κ2) is 6.92. The molecule has 19 heavy (non-hydrogen) atoms. The zero-order valence-electron chi connectivity index (χ0n) is 11.9. The summed E-state index contributed by atoms with van der Waals surface area (Å²) in [5.41, 5.74) is 0.907. The lowest BCUT2D eigenvalue weighted by Gasteiger charge is -2.30. The van der Waals surface area contributed by atoms with Gasteiger partial charge in [-0.2, -0.15) is 0 Å². The number of hydrogen-bond donors (Lipinski definition) is 2. The Kier molecular flexibility index (Phi) is 5.23. The summed E-state index contributed by atoms with van der Waals surface area (Å²) in [6.45, 7) is 4.81. The second-order valence-electron chi connectivity index (χ2n) is 5.42. The van der Waals surface area contributed by atoms with Crippen LogP contribution in [0.25, 0.3) is 0 Å². The summed E-state index contributed by atoms with van der Waals surface area (Å²) >= 11 is 0. The van der Waals surface area contributed by atoms with E-state index in [2.05, 4.69) is 12.2 Å². The molecule has 0 aliphatic carbocycles. The minimum atomic E-state index is -0.453. The van der Waals surface area contributed by atoms with Crippen molar-refractivity contribution >= 4 is 0 Å². The summed E-state index contributed by atoms with van der Waals surface area (Å²) in [7, 11) is 0. The van der Waals surface area contributed by atoms with Gasteiger partial charge in [-0.05, 0) is 39.2 Å². The molecular formula is C16H25NO2. The highest BCUT2D eigenvalue weighted by Gasteiger charge is 2.22. The molecule has 3 heteroatoms. The van der Waals surface area contributed by atoms with Gasteiger partial charge < -0.3 is 15.2 Å². The van der Waals surface area contributed by atoms with Gasteiger partial charge in [-0.15, -0.1) is 0 Å². The van der Waals surface area contributed by atoms with E-state index in [1.165, 1.54) is 12.8 Å². The normalized spacial score (nSPS) is 25.0. The van der Waals surface area contributed by atoms with Gasteiger partial charge in [0.25, 0.3) is 0 Å². The van der Waals surface area contributed by atoms with Crippen molar-refractivity contribution in [2.45, 2.75) is 57.7 Å². The van der Waals surface area contributed by atoms with E-state index < -0.39 is 6.10 Å². The third kappa shape index (κ3) is 3.95.